The summed E-state index contributed by atoms with van der Waals surface area (Å²) in [6.45, 7) is 5.57. The highest BCUT2D eigenvalue weighted by Crippen LogP contribution is 2.07. The van der Waals surface area contributed by atoms with Crippen LogP contribution in [0.25, 0.3) is 0 Å². The number of hydrogen-bond acceptors (Lipinski definition) is 4. The van der Waals surface area contributed by atoms with Gasteiger partial charge in [-0.2, -0.15) is 11.8 Å². The molecule has 1 heterocycles. The topological polar surface area (TPSA) is 44.4 Å². The van der Waals surface area contributed by atoms with Crippen LogP contribution in [0.2, 0.25) is 0 Å². The zero-order valence-corrected chi connectivity index (χ0v) is 10.9. The molecular formula is C11H23N3OS. The van der Waals surface area contributed by atoms with E-state index >= 15 is 0 Å². The first kappa shape index (κ1) is 13.8. The van der Waals surface area contributed by atoms with Gasteiger partial charge in [0.15, 0.2) is 0 Å². The van der Waals surface area contributed by atoms with Crippen molar-refractivity contribution in [3.05, 3.63) is 0 Å². The van der Waals surface area contributed by atoms with Crippen molar-refractivity contribution in [2.24, 2.45) is 0 Å². The summed E-state index contributed by atoms with van der Waals surface area (Å²) in [7, 11) is 1.68. The average molecular weight is 245 g/mol. The monoisotopic (exact) mass is 245 g/mol. The molecule has 5 heteroatoms. The Morgan fingerprint density at radius 1 is 1.31 bits per heavy atom. The minimum atomic E-state index is 0.134. The van der Waals surface area contributed by atoms with Crippen LogP contribution in [0.3, 0.4) is 0 Å². The first-order valence-corrected chi connectivity index (χ1v) is 7.20. The van der Waals surface area contributed by atoms with Crippen LogP contribution in [0.5, 0.6) is 0 Å². The molecule has 16 heavy (non-hydrogen) atoms. The number of nitrogens with one attached hydrogen (secondary N) is 2. The molecule has 1 aliphatic rings. The number of thioether (sulfide) groups is 1. The summed E-state index contributed by atoms with van der Waals surface area (Å²) in [6.07, 6.45) is 1.55. The number of amides is 1. The van der Waals surface area contributed by atoms with Gasteiger partial charge in [-0.05, 0) is 13.0 Å². The second-order valence-electron chi connectivity index (χ2n) is 3.98. The summed E-state index contributed by atoms with van der Waals surface area (Å²) in [6, 6.07) is 0. The van der Waals surface area contributed by atoms with Crippen molar-refractivity contribution in [2.75, 3.05) is 51.3 Å². The van der Waals surface area contributed by atoms with E-state index in [4.69, 9.17) is 0 Å². The third-order valence-corrected chi connectivity index (χ3v) is 3.69. The molecule has 1 saturated heterocycles. The van der Waals surface area contributed by atoms with Gasteiger partial charge < -0.3 is 15.5 Å². The Hall–Kier alpha value is -0.260. The molecule has 1 fully saturated rings. The normalized spacial score (nSPS) is 17.3. The SMILES string of the molecule is CNC(=O)CCCNCCN1CCSCC1. The fraction of sp³-hybridized carbons (Fsp3) is 0.909. The van der Waals surface area contributed by atoms with E-state index in [-0.39, 0.29) is 5.91 Å². The van der Waals surface area contributed by atoms with Gasteiger partial charge in [-0.25, -0.2) is 0 Å². The van der Waals surface area contributed by atoms with E-state index in [1.165, 1.54) is 24.6 Å². The quantitative estimate of drug-likeness (QED) is 0.627. The number of nitrogens with zero attached hydrogens (tertiary/aromatic N) is 1. The minimum Gasteiger partial charge on any atom is -0.359 e. The van der Waals surface area contributed by atoms with Gasteiger partial charge in [0.1, 0.15) is 0 Å². The maximum atomic E-state index is 10.9. The van der Waals surface area contributed by atoms with Crippen molar-refractivity contribution in [3.8, 4) is 0 Å². The summed E-state index contributed by atoms with van der Waals surface area (Å²) in [4.78, 5) is 13.4. The van der Waals surface area contributed by atoms with Crippen LogP contribution < -0.4 is 10.6 Å². The van der Waals surface area contributed by atoms with Crippen LogP contribution in [0, 0.1) is 0 Å². The highest BCUT2D eigenvalue weighted by Gasteiger charge is 2.08. The molecule has 0 aromatic heterocycles. The van der Waals surface area contributed by atoms with E-state index < -0.39 is 0 Å². The van der Waals surface area contributed by atoms with E-state index in [1.807, 2.05) is 11.8 Å². The molecule has 0 aromatic carbocycles. The van der Waals surface area contributed by atoms with Gasteiger partial charge in [-0.1, -0.05) is 0 Å². The Morgan fingerprint density at radius 2 is 2.06 bits per heavy atom. The number of hydrogen-bond donors (Lipinski definition) is 2. The first-order chi connectivity index (χ1) is 7.83. The van der Waals surface area contributed by atoms with Crippen LogP contribution in [0.1, 0.15) is 12.8 Å². The van der Waals surface area contributed by atoms with Gasteiger partial charge in [-0.3, -0.25) is 4.79 Å². The zero-order valence-electron chi connectivity index (χ0n) is 10.1. The van der Waals surface area contributed by atoms with E-state index in [0.29, 0.717) is 6.42 Å². The number of carbonyl (C=O) groups is 1. The Kier molecular flexibility index (Phi) is 7.63. The van der Waals surface area contributed by atoms with E-state index in [1.54, 1.807) is 7.05 Å². The minimum absolute atomic E-state index is 0.134. The summed E-state index contributed by atoms with van der Waals surface area (Å²) < 4.78 is 0. The molecule has 0 aliphatic carbocycles. The predicted octanol–water partition coefficient (Wildman–Crippen LogP) is 0.151. The Morgan fingerprint density at radius 3 is 2.75 bits per heavy atom. The molecule has 0 spiro atoms. The second-order valence-corrected chi connectivity index (χ2v) is 5.21. The van der Waals surface area contributed by atoms with E-state index in [0.717, 1.165) is 26.1 Å². The molecule has 4 nitrogen and oxygen atoms in total. The maximum absolute atomic E-state index is 10.9. The Bertz CT molecular complexity index is 196. The van der Waals surface area contributed by atoms with E-state index in [2.05, 4.69) is 15.5 Å². The van der Waals surface area contributed by atoms with Crippen molar-refractivity contribution in [1.82, 2.24) is 15.5 Å². The van der Waals surface area contributed by atoms with Crippen LogP contribution in [0.4, 0.5) is 0 Å². The van der Waals surface area contributed by atoms with Crippen molar-refractivity contribution >= 4 is 17.7 Å². The van der Waals surface area contributed by atoms with Crippen molar-refractivity contribution in [2.45, 2.75) is 12.8 Å². The lowest BCUT2D eigenvalue weighted by Gasteiger charge is -2.26. The predicted molar refractivity (Wildman–Crippen MR) is 69.9 cm³/mol. The molecule has 1 rings (SSSR count). The summed E-state index contributed by atoms with van der Waals surface area (Å²) in [5.74, 6) is 2.68. The van der Waals surface area contributed by atoms with Crippen LogP contribution in [0.15, 0.2) is 0 Å². The third kappa shape index (κ3) is 6.35. The summed E-state index contributed by atoms with van der Waals surface area (Å²) in [5.41, 5.74) is 0. The molecule has 0 atom stereocenters. The molecule has 0 bridgehead atoms. The lowest BCUT2D eigenvalue weighted by atomic mass is 10.3. The Balaban J connectivity index is 1.85. The largest absolute Gasteiger partial charge is 0.359 e. The van der Waals surface area contributed by atoms with Crippen LogP contribution in [-0.2, 0) is 4.79 Å². The van der Waals surface area contributed by atoms with Gasteiger partial charge >= 0.3 is 0 Å². The summed E-state index contributed by atoms with van der Waals surface area (Å²) in [5, 5.41) is 6.01. The standard InChI is InChI=1S/C11H23N3OS/c1-12-11(15)3-2-4-13-5-6-14-7-9-16-10-8-14/h13H,2-10H2,1H3,(H,12,15). The first-order valence-electron chi connectivity index (χ1n) is 6.04. The Labute approximate surface area is 103 Å². The molecule has 0 unspecified atom stereocenters. The lowest BCUT2D eigenvalue weighted by Crippen LogP contribution is -2.38. The molecule has 0 aromatic rings. The molecule has 94 valence electrons. The smallest absolute Gasteiger partial charge is 0.219 e. The van der Waals surface area contributed by atoms with Gasteiger partial charge in [0.05, 0.1) is 0 Å². The van der Waals surface area contributed by atoms with Gasteiger partial charge in [0.2, 0.25) is 5.91 Å². The van der Waals surface area contributed by atoms with Gasteiger partial charge in [0.25, 0.3) is 0 Å². The van der Waals surface area contributed by atoms with Crippen molar-refractivity contribution in [1.29, 1.82) is 0 Å². The van der Waals surface area contributed by atoms with Crippen LogP contribution in [-0.4, -0.2) is 62.1 Å². The lowest BCUT2D eigenvalue weighted by molar-refractivity contribution is -0.120. The molecule has 1 aliphatic heterocycles. The highest BCUT2D eigenvalue weighted by atomic mass is 32.2. The maximum Gasteiger partial charge on any atom is 0.219 e. The van der Waals surface area contributed by atoms with Gasteiger partial charge in [0, 0.05) is 51.2 Å². The van der Waals surface area contributed by atoms with E-state index in [9.17, 15) is 4.79 Å². The van der Waals surface area contributed by atoms with Crippen molar-refractivity contribution < 1.29 is 4.79 Å². The molecule has 2 N–H and O–H groups in total. The second kappa shape index (κ2) is 8.84. The zero-order chi connectivity index (χ0) is 11.6. The number of rotatable bonds is 7. The average Bonchev–Trinajstić information content (AvgIpc) is 2.34. The number of carbonyl (C=O) groups excluding carboxylic acids is 1. The molecule has 0 radical (unpaired) electrons. The third-order valence-electron chi connectivity index (χ3n) is 2.74. The van der Waals surface area contributed by atoms with Crippen molar-refractivity contribution in [3.63, 3.8) is 0 Å². The molecule has 0 saturated carbocycles. The molecular weight excluding hydrogens is 222 g/mol. The summed E-state index contributed by atoms with van der Waals surface area (Å²) >= 11 is 2.05. The molecule has 1 amide bonds. The van der Waals surface area contributed by atoms with Gasteiger partial charge in [-0.15, -0.1) is 0 Å². The van der Waals surface area contributed by atoms with Crippen LogP contribution >= 0.6 is 11.8 Å². The highest BCUT2D eigenvalue weighted by molar-refractivity contribution is 7.99. The fourth-order valence-corrected chi connectivity index (χ4v) is 2.66. The fourth-order valence-electron chi connectivity index (χ4n) is 1.69.